The van der Waals surface area contributed by atoms with E-state index in [1.54, 1.807) is 18.2 Å². The first-order valence-corrected chi connectivity index (χ1v) is 9.25. The van der Waals surface area contributed by atoms with E-state index in [2.05, 4.69) is 24.5 Å². The molecule has 1 heterocycles. The number of para-hydroxylation sites is 2. The fraction of sp³-hybridized carbons (Fsp3) is 0.381. The summed E-state index contributed by atoms with van der Waals surface area (Å²) in [4.78, 5) is 13.1. The highest BCUT2D eigenvalue weighted by molar-refractivity contribution is 5.87. The van der Waals surface area contributed by atoms with E-state index in [1.165, 1.54) is 0 Å². The van der Waals surface area contributed by atoms with Crippen LogP contribution in [0, 0.1) is 16.5 Å². The second kappa shape index (κ2) is 6.55. The highest BCUT2D eigenvalue weighted by atomic mass is 16.8. The molecule has 6 nitrogen and oxygen atoms in total. The molecule has 1 aliphatic carbocycles. The number of fused-ring (bicyclic) bond motifs is 2. The minimum Gasteiger partial charge on any atom is -0.733 e. The lowest BCUT2D eigenvalue weighted by molar-refractivity contribution is -0.128. The number of nitrogens with zero attached hydrogens (tertiary/aromatic N) is 1. The third-order valence-corrected chi connectivity index (χ3v) is 5.62. The van der Waals surface area contributed by atoms with E-state index in [-0.39, 0.29) is 40.1 Å². The van der Waals surface area contributed by atoms with Gasteiger partial charge in [0, 0.05) is 12.5 Å². The second-order valence-corrected chi connectivity index (χ2v) is 8.32. The number of ketones is 1. The van der Waals surface area contributed by atoms with E-state index in [1.807, 2.05) is 30.3 Å². The standard InChI is InChI=1S/C21H24N3O3/c1-21(2)11-17-19(18(25)12-21)20(13-6-5-7-14(10-13)24(26)27)23-16-9-4-3-8-15(16)22-17/h3-10,17,19-20,22-23,26H,11-12H2,1-2H3/q-1. The van der Waals surface area contributed by atoms with Gasteiger partial charge in [0.15, 0.2) is 0 Å². The van der Waals surface area contributed by atoms with Crippen LogP contribution in [0.15, 0.2) is 48.5 Å². The lowest BCUT2D eigenvalue weighted by atomic mass is 9.66. The van der Waals surface area contributed by atoms with Gasteiger partial charge in [-0.05, 0) is 41.7 Å². The van der Waals surface area contributed by atoms with E-state index in [9.17, 15) is 15.2 Å². The average molecular weight is 366 g/mol. The van der Waals surface area contributed by atoms with Gasteiger partial charge in [0.1, 0.15) is 5.78 Å². The number of Topliss-reactive ketones (excluding diaryl/α,β-unsaturated/α-hetero) is 1. The first-order chi connectivity index (χ1) is 12.8. The van der Waals surface area contributed by atoms with Gasteiger partial charge in [-0.2, -0.15) is 0 Å². The van der Waals surface area contributed by atoms with Crippen molar-refractivity contribution in [1.29, 1.82) is 0 Å². The van der Waals surface area contributed by atoms with Crippen LogP contribution in [-0.4, -0.2) is 17.0 Å². The zero-order valence-electron chi connectivity index (χ0n) is 15.5. The molecule has 3 atom stereocenters. The number of rotatable bonds is 2. The predicted octanol–water partition coefficient (Wildman–Crippen LogP) is 4.33. The van der Waals surface area contributed by atoms with Crippen LogP contribution in [-0.2, 0) is 4.79 Å². The summed E-state index contributed by atoms with van der Waals surface area (Å²) in [6.07, 6.45) is 1.40. The largest absolute Gasteiger partial charge is 0.733 e. The Morgan fingerprint density at radius 1 is 1.11 bits per heavy atom. The molecule has 2 aromatic rings. The molecule has 0 radical (unpaired) electrons. The highest BCUT2D eigenvalue weighted by Crippen LogP contribution is 2.46. The van der Waals surface area contributed by atoms with Gasteiger partial charge in [0.05, 0.1) is 29.0 Å². The Bertz CT molecular complexity index is 865. The molecule has 0 spiro atoms. The maximum Gasteiger partial charge on any atom is 0.140 e. The Labute approximate surface area is 158 Å². The first-order valence-electron chi connectivity index (χ1n) is 9.25. The molecule has 3 unspecified atom stereocenters. The van der Waals surface area contributed by atoms with Crippen molar-refractivity contribution in [3.8, 4) is 0 Å². The second-order valence-electron chi connectivity index (χ2n) is 8.32. The van der Waals surface area contributed by atoms with Crippen LogP contribution >= 0.6 is 0 Å². The minimum absolute atomic E-state index is 0.0106. The molecule has 27 heavy (non-hydrogen) atoms. The monoisotopic (exact) mass is 366 g/mol. The Kier molecular flexibility index (Phi) is 4.32. The van der Waals surface area contributed by atoms with Crippen molar-refractivity contribution >= 4 is 22.8 Å². The van der Waals surface area contributed by atoms with Crippen molar-refractivity contribution in [2.75, 3.05) is 15.9 Å². The number of anilines is 3. The van der Waals surface area contributed by atoms with E-state index >= 15 is 0 Å². The molecule has 1 fully saturated rings. The van der Waals surface area contributed by atoms with Crippen molar-refractivity contribution in [3.63, 3.8) is 0 Å². The van der Waals surface area contributed by atoms with Gasteiger partial charge in [0.25, 0.3) is 0 Å². The zero-order valence-corrected chi connectivity index (χ0v) is 15.5. The van der Waals surface area contributed by atoms with Crippen molar-refractivity contribution in [2.24, 2.45) is 11.3 Å². The van der Waals surface area contributed by atoms with Crippen LogP contribution in [0.2, 0.25) is 0 Å². The molecule has 142 valence electrons. The van der Waals surface area contributed by atoms with Crippen LogP contribution in [0.25, 0.3) is 0 Å². The molecule has 4 rings (SSSR count). The van der Waals surface area contributed by atoms with Gasteiger partial charge in [-0.1, -0.05) is 38.1 Å². The van der Waals surface area contributed by atoms with Crippen molar-refractivity contribution < 1.29 is 10.0 Å². The first kappa shape index (κ1) is 17.8. The smallest absolute Gasteiger partial charge is 0.140 e. The van der Waals surface area contributed by atoms with Crippen LogP contribution in [0.1, 0.15) is 38.3 Å². The normalized spacial score (nSPS) is 26.1. The molecule has 2 aliphatic rings. The molecule has 1 aliphatic heterocycles. The molecule has 1 saturated carbocycles. The van der Waals surface area contributed by atoms with Crippen molar-refractivity contribution in [1.82, 2.24) is 0 Å². The summed E-state index contributed by atoms with van der Waals surface area (Å²) >= 11 is 0. The van der Waals surface area contributed by atoms with E-state index in [0.29, 0.717) is 6.42 Å². The Morgan fingerprint density at radius 3 is 2.52 bits per heavy atom. The van der Waals surface area contributed by atoms with Crippen molar-refractivity contribution in [3.05, 3.63) is 59.3 Å². The molecule has 6 heteroatoms. The summed E-state index contributed by atoms with van der Waals surface area (Å²) in [5, 5.41) is 27.6. The molecular formula is C21H24N3O3-. The Balaban J connectivity index is 1.81. The lowest BCUT2D eigenvalue weighted by Crippen LogP contribution is -2.47. The lowest BCUT2D eigenvalue weighted by Gasteiger charge is -2.42. The summed E-state index contributed by atoms with van der Waals surface area (Å²) < 4.78 is 0. The third kappa shape index (κ3) is 3.38. The summed E-state index contributed by atoms with van der Waals surface area (Å²) in [6.45, 7) is 4.26. The van der Waals surface area contributed by atoms with Gasteiger partial charge in [-0.3, -0.25) is 10.0 Å². The molecule has 0 bridgehead atoms. The molecule has 3 N–H and O–H groups in total. The number of nitrogens with one attached hydrogen (secondary N) is 2. The molecule has 0 aromatic heterocycles. The quantitative estimate of drug-likeness (QED) is 0.686. The number of hydrogen-bond donors (Lipinski definition) is 3. The van der Waals surface area contributed by atoms with Gasteiger partial charge >= 0.3 is 0 Å². The van der Waals surface area contributed by atoms with E-state index in [0.717, 1.165) is 23.4 Å². The van der Waals surface area contributed by atoms with Gasteiger partial charge in [-0.15, -0.1) is 0 Å². The summed E-state index contributed by atoms with van der Waals surface area (Å²) in [5.41, 5.74) is 2.80. The predicted molar refractivity (Wildman–Crippen MR) is 106 cm³/mol. The number of carbonyl (C=O) groups is 1. The maximum atomic E-state index is 13.1. The zero-order chi connectivity index (χ0) is 19.2. The number of benzene rings is 2. The molecular weight excluding hydrogens is 342 g/mol. The number of carbonyl (C=O) groups excluding carboxylic acids is 1. The van der Waals surface area contributed by atoms with Crippen LogP contribution in [0.5, 0.6) is 0 Å². The Hall–Kier alpha value is -2.57. The molecule has 0 amide bonds. The summed E-state index contributed by atoms with van der Waals surface area (Å²) in [5.74, 6) is -0.0538. The average Bonchev–Trinajstić information content (AvgIpc) is 2.77. The number of hydrogen-bond acceptors (Lipinski definition) is 6. The van der Waals surface area contributed by atoms with Crippen LogP contribution in [0.4, 0.5) is 17.1 Å². The van der Waals surface area contributed by atoms with Gasteiger partial charge in [-0.25, -0.2) is 0 Å². The van der Waals surface area contributed by atoms with Crippen LogP contribution in [0.3, 0.4) is 0 Å². The molecule has 2 aromatic carbocycles. The molecule has 0 saturated heterocycles. The van der Waals surface area contributed by atoms with Gasteiger partial charge < -0.3 is 21.1 Å². The van der Waals surface area contributed by atoms with Gasteiger partial charge in [0.2, 0.25) is 0 Å². The summed E-state index contributed by atoms with van der Waals surface area (Å²) in [6, 6.07) is 14.4. The van der Waals surface area contributed by atoms with Crippen molar-refractivity contribution in [2.45, 2.75) is 38.8 Å². The Morgan fingerprint density at radius 2 is 1.81 bits per heavy atom. The fourth-order valence-electron chi connectivity index (χ4n) is 4.49. The topological polar surface area (TPSA) is 87.7 Å². The van der Waals surface area contributed by atoms with E-state index in [4.69, 9.17) is 0 Å². The summed E-state index contributed by atoms with van der Waals surface area (Å²) in [7, 11) is 0. The minimum atomic E-state index is -0.283. The highest BCUT2D eigenvalue weighted by Gasteiger charge is 2.46. The van der Waals surface area contributed by atoms with Crippen LogP contribution < -0.4 is 15.9 Å². The third-order valence-electron chi connectivity index (χ3n) is 5.62. The van der Waals surface area contributed by atoms with E-state index < -0.39 is 0 Å². The SMILES string of the molecule is CC1(C)CC(=O)C2C(C1)Nc1ccccc1NC2c1cccc(N([O-])O)c1. The maximum absolute atomic E-state index is 13.1. The fourth-order valence-corrected chi connectivity index (χ4v) is 4.49.